The molecule has 1 saturated carbocycles. The smallest absolute Gasteiger partial charge is 0.244 e. The van der Waals surface area contributed by atoms with Gasteiger partial charge in [-0.25, -0.2) is 22.0 Å². The van der Waals surface area contributed by atoms with Gasteiger partial charge in [-0.15, -0.1) is 0 Å². The van der Waals surface area contributed by atoms with Crippen molar-refractivity contribution in [2.75, 3.05) is 0 Å². The number of hydrogen-bond acceptors (Lipinski definition) is 4. The summed E-state index contributed by atoms with van der Waals surface area (Å²) in [6.07, 6.45) is 5.87. The van der Waals surface area contributed by atoms with Crippen LogP contribution in [0.15, 0.2) is 28.0 Å². The van der Waals surface area contributed by atoms with Gasteiger partial charge in [0.25, 0.3) is 0 Å². The zero-order valence-electron chi connectivity index (χ0n) is 22.6. The molecule has 0 radical (unpaired) electrons. The van der Waals surface area contributed by atoms with Gasteiger partial charge in [0.2, 0.25) is 20.0 Å². The minimum absolute atomic E-state index is 0.0306. The third-order valence-corrected chi connectivity index (χ3v) is 11.4. The summed E-state index contributed by atoms with van der Waals surface area (Å²) in [5.41, 5.74) is 3.04. The number of primary sulfonamides is 1. The van der Waals surface area contributed by atoms with E-state index in [2.05, 4.69) is 4.57 Å². The lowest BCUT2D eigenvalue weighted by molar-refractivity contribution is 0.204. The molecule has 0 unspecified atom stereocenters. The normalized spacial score (nSPS) is 20.4. The first-order valence-corrected chi connectivity index (χ1v) is 16.0. The first-order valence-electron chi connectivity index (χ1n) is 13.0. The Balaban J connectivity index is 1.99. The molecule has 1 aliphatic heterocycles. The van der Waals surface area contributed by atoms with Gasteiger partial charge in [0.15, 0.2) is 0 Å². The fraction of sp³-hybridized carbons (Fsp3) is 0.630. The SMILES string of the molecule is Cc1c(S(N)(=O)=O)cc(-c2cc(C(C)C)c3c(c2)C(C)(C)N(C(C)C)S3(=O)=O)n1CC1CCCCC1. The van der Waals surface area contributed by atoms with Gasteiger partial charge in [0, 0.05) is 24.0 Å². The van der Waals surface area contributed by atoms with Crippen molar-refractivity contribution in [2.24, 2.45) is 11.1 Å². The number of rotatable bonds is 6. The Labute approximate surface area is 217 Å². The second-order valence-electron chi connectivity index (χ2n) is 11.7. The van der Waals surface area contributed by atoms with Gasteiger partial charge >= 0.3 is 0 Å². The Morgan fingerprint density at radius 1 is 1.06 bits per heavy atom. The first-order chi connectivity index (χ1) is 16.6. The van der Waals surface area contributed by atoms with Crippen LogP contribution in [0.25, 0.3) is 11.3 Å². The molecule has 2 aromatic rings. The molecule has 4 rings (SSSR count). The van der Waals surface area contributed by atoms with Gasteiger partial charge < -0.3 is 4.57 Å². The molecule has 0 bridgehead atoms. The molecule has 0 atom stereocenters. The monoisotopic (exact) mass is 535 g/mol. The minimum Gasteiger partial charge on any atom is -0.343 e. The molecule has 2 aliphatic rings. The van der Waals surface area contributed by atoms with Crippen LogP contribution < -0.4 is 5.14 Å². The lowest BCUT2D eigenvalue weighted by Crippen LogP contribution is -2.43. The second-order valence-corrected chi connectivity index (χ2v) is 15.0. The number of nitrogens with zero attached hydrogens (tertiary/aromatic N) is 2. The van der Waals surface area contributed by atoms with Gasteiger partial charge in [-0.1, -0.05) is 33.1 Å². The van der Waals surface area contributed by atoms with Crippen LogP contribution in [0.5, 0.6) is 0 Å². The summed E-state index contributed by atoms with van der Waals surface area (Å²) in [5.74, 6) is 0.445. The lowest BCUT2D eigenvalue weighted by Gasteiger charge is -2.33. The van der Waals surface area contributed by atoms with Gasteiger partial charge in [0.05, 0.1) is 10.4 Å². The van der Waals surface area contributed by atoms with E-state index in [1.54, 1.807) is 10.4 Å². The molecule has 1 aromatic carbocycles. The van der Waals surface area contributed by atoms with Crippen LogP contribution >= 0.6 is 0 Å². The van der Waals surface area contributed by atoms with E-state index >= 15 is 0 Å². The molecule has 0 saturated heterocycles. The molecule has 200 valence electrons. The Morgan fingerprint density at radius 3 is 2.19 bits per heavy atom. The van der Waals surface area contributed by atoms with Crippen molar-refractivity contribution in [3.63, 3.8) is 0 Å². The third-order valence-electron chi connectivity index (χ3n) is 8.02. The van der Waals surface area contributed by atoms with Crippen molar-refractivity contribution in [2.45, 2.75) is 114 Å². The van der Waals surface area contributed by atoms with Crippen LogP contribution in [-0.2, 0) is 32.1 Å². The zero-order chi connectivity index (χ0) is 26.8. The van der Waals surface area contributed by atoms with Crippen molar-refractivity contribution < 1.29 is 16.8 Å². The van der Waals surface area contributed by atoms with E-state index in [1.165, 1.54) is 19.3 Å². The van der Waals surface area contributed by atoms with E-state index in [0.29, 0.717) is 16.5 Å². The molecule has 2 heterocycles. The fourth-order valence-corrected chi connectivity index (χ4v) is 9.85. The van der Waals surface area contributed by atoms with Crippen LogP contribution in [0.1, 0.15) is 96.4 Å². The number of aromatic nitrogens is 1. The zero-order valence-corrected chi connectivity index (χ0v) is 24.3. The summed E-state index contributed by atoms with van der Waals surface area (Å²) in [4.78, 5) is 0.532. The topological polar surface area (TPSA) is 102 Å². The number of fused-ring (bicyclic) bond motifs is 1. The highest BCUT2D eigenvalue weighted by Gasteiger charge is 2.51. The Bertz CT molecular complexity index is 1380. The molecule has 1 aromatic heterocycles. The molecule has 2 N–H and O–H groups in total. The fourth-order valence-electron chi connectivity index (χ4n) is 6.42. The van der Waals surface area contributed by atoms with Crippen LogP contribution in [0.3, 0.4) is 0 Å². The maximum atomic E-state index is 13.8. The summed E-state index contributed by atoms with van der Waals surface area (Å²) in [6, 6.07) is 5.38. The molecular formula is C27H41N3O4S2. The van der Waals surface area contributed by atoms with Crippen LogP contribution in [-0.4, -0.2) is 31.7 Å². The van der Waals surface area contributed by atoms with Crippen LogP contribution in [0, 0.1) is 12.8 Å². The average Bonchev–Trinajstić information content (AvgIpc) is 3.16. The van der Waals surface area contributed by atoms with E-state index in [4.69, 9.17) is 5.14 Å². The van der Waals surface area contributed by atoms with Crippen LogP contribution in [0.2, 0.25) is 0 Å². The summed E-state index contributed by atoms with van der Waals surface area (Å²) >= 11 is 0. The Morgan fingerprint density at radius 2 is 1.67 bits per heavy atom. The number of benzene rings is 1. The maximum absolute atomic E-state index is 13.8. The predicted octanol–water partition coefficient (Wildman–Crippen LogP) is 5.46. The molecule has 0 amide bonds. The number of sulfonamides is 2. The number of nitrogens with two attached hydrogens (primary N) is 1. The van der Waals surface area contributed by atoms with E-state index in [1.807, 2.05) is 60.6 Å². The second kappa shape index (κ2) is 9.26. The van der Waals surface area contributed by atoms with E-state index in [9.17, 15) is 16.8 Å². The Hall–Kier alpha value is -1.68. The number of hydrogen-bond donors (Lipinski definition) is 1. The highest BCUT2D eigenvalue weighted by molar-refractivity contribution is 7.89. The molecule has 1 fully saturated rings. The van der Waals surface area contributed by atoms with Crippen LogP contribution in [0.4, 0.5) is 0 Å². The molecule has 7 nitrogen and oxygen atoms in total. The lowest BCUT2D eigenvalue weighted by atomic mass is 9.87. The van der Waals surface area contributed by atoms with E-state index in [-0.39, 0.29) is 16.9 Å². The summed E-state index contributed by atoms with van der Waals surface area (Å²) < 4.78 is 56.2. The quantitative estimate of drug-likeness (QED) is 0.530. The molecule has 36 heavy (non-hydrogen) atoms. The molecule has 9 heteroatoms. The van der Waals surface area contributed by atoms with Gasteiger partial charge in [-0.3, -0.25) is 0 Å². The standard InChI is InChI=1S/C27H41N3O4S2/c1-17(2)22-13-21(14-23-26(22)36(33,34)30(18(3)4)27(23,6)7)24-15-25(35(28,31)32)19(5)29(24)16-20-11-9-8-10-12-20/h13-15,17-18,20H,8-12,16H2,1-7H3,(H2,28,31,32). The Kier molecular flexibility index (Phi) is 7.03. The highest BCUT2D eigenvalue weighted by Crippen LogP contribution is 2.49. The molecule has 0 spiro atoms. The van der Waals surface area contributed by atoms with Crippen molar-refractivity contribution >= 4 is 20.0 Å². The van der Waals surface area contributed by atoms with Crippen molar-refractivity contribution in [3.8, 4) is 11.3 Å². The van der Waals surface area contributed by atoms with Crippen molar-refractivity contribution in [1.82, 2.24) is 8.87 Å². The minimum atomic E-state index is -3.91. The average molecular weight is 536 g/mol. The van der Waals surface area contributed by atoms with E-state index in [0.717, 1.165) is 41.8 Å². The largest absolute Gasteiger partial charge is 0.343 e. The summed E-state index contributed by atoms with van der Waals surface area (Å²) in [6.45, 7) is 14.3. The summed E-state index contributed by atoms with van der Waals surface area (Å²) in [5, 5.41) is 5.62. The predicted molar refractivity (Wildman–Crippen MR) is 144 cm³/mol. The molecule has 1 aliphatic carbocycles. The maximum Gasteiger partial charge on any atom is 0.244 e. The molecular weight excluding hydrogens is 494 g/mol. The van der Waals surface area contributed by atoms with Crippen molar-refractivity contribution in [3.05, 3.63) is 35.0 Å². The first kappa shape index (κ1) is 27.4. The third kappa shape index (κ3) is 4.46. The van der Waals surface area contributed by atoms with E-state index < -0.39 is 25.6 Å². The van der Waals surface area contributed by atoms with Gasteiger partial charge in [0.1, 0.15) is 4.90 Å². The van der Waals surface area contributed by atoms with Gasteiger partial charge in [-0.05, 0) is 94.2 Å². The van der Waals surface area contributed by atoms with Crippen molar-refractivity contribution in [1.29, 1.82) is 0 Å². The highest BCUT2D eigenvalue weighted by atomic mass is 32.2. The summed E-state index contributed by atoms with van der Waals surface area (Å²) in [7, 11) is -7.58. The van der Waals surface area contributed by atoms with Gasteiger partial charge in [-0.2, -0.15) is 4.31 Å².